The van der Waals surface area contributed by atoms with Gasteiger partial charge in [-0.15, -0.1) is 32.1 Å². The molecule has 0 amide bonds. The average molecular weight is 433 g/mol. The Morgan fingerprint density at radius 3 is 1.83 bits per heavy atom. The number of halogens is 1. The second-order valence-electron chi connectivity index (χ2n) is 6.68. The maximum absolute atomic E-state index is 11.4. The van der Waals surface area contributed by atoms with Crippen LogP contribution in [-0.2, 0) is 4.79 Å². The lowest BCUT2D eigenvalue weighted by Crippen LogP contribution is -2.71. The highest BCUT2D eigenvalue weighted by Crippen LogP contribution is 2.25. The summed E-state index contributed by atoms with van der Waals surface area (Å²) in [6, 6.07) is -0.150. The van der Waals surface area contributed by atoms with Crippen molar-refractivity contribution in [1.29, 1.82) is 0 Å². The molecule has 170 valence electrons. The van der Waals surface area contributed by atoms with Gasteiger partial charge in [-0.1, -0.05) is 18.2 Å². The van der Waals surface area contributed by atoms with E-state index >= 15 is 0 Å². The summed E-state index contributed by atoms with van der Waals surface area (Å²) in [4.78, 5) is 11.4. The lowest BCUT2D eigenvalue weighted by molar-refractivity contribution is -0.136. The zero-order valence-corrected chi connectivity index (χ0v) is 18.3. The maximum Gasteiger partial charge on any atom is 0.317 e. The molecule has 0 fully saturated rings. The van der Waals surface area contributed by atoms with Gasteiger partial charge in [0.1, 0.15) is 0 Å². The van der Waals surface area contributed by atoms with Crippen molar-refractivity contribution in [2.75, 3.05) is 45.8 Å². The van der Waals surface area contributed by atoms with E-state index < -0.39 is 11.5 Å². The first kappa shape index (κ1) is 29.9. The van der Waals surface area contributed by atoms with Crippen LogP contribution in [0.25, 0.3) is 0 Å². The summed E-state index contributed by atoms with van der Waals surface area (Å²) in [6.45, 7) is 14.6. The number of nitrogens with two attached hydrogens (primary N) is 2. The van der Waals surface area contributed by atoms with Crippen molar-refractivity contribution in [3.05, 3.63) is 38.0 Å². The quantitative estimate of drug-likeness (QED) is 0.105. The molecule has 9 heteroatoms. The first-order valence-electron chi connectivity index (χ1n) is 9.89. The topological polar surface area (TPSA) is 137 Å². The molecule has 8 nitrogen and oxygen atoms in total. The van der Waals surface area contributed by atoms with E-state index in [1.54, 1.807) is 18.2 Å². The lowest BCUT2D eigenvalue weighted by atomic mass is 9.76. The number of nitrogens with one attached hydrogen (secondary N) is 4. The summed E-state index contributed by atoms with van der Waals surface area (Å²) in [5, 5.41) is 23.0. The minimum Gasteiger partial charge on any atom is -0.480 e. The van der Waals surface area contributed by atoms with Crippen molar-refractivity contribution in [2.24, 2.45) is 11.5 Å². The van der Waals surface area contributed by atoms with E-state index in [0.29, 0.717) is 58.5 Å². The first-order chi connectivity index (χ1) is 13.5. The zero-order valence-electron chi connectivity index (χ0n) is 17.5. The van der Waals surface area contributed by atoms with E-state index in [1.165, 1.54) is 0 Å². The average Bonchev–Trinajstić information content (AvgIpc) is 2.68. The summed E-state index contributed by atoms with van der Waals surface area (Å²) in [5.41, 5.74) is 11.2. The van der Waals surface area contributed by atoms with Crippen LogP contribution in [0.4, 0.5) is 0 Å². The monoisotopic (exact) mass is 432 g/mol. The van der Waals surface area contributed by atoms with Crippen molar-refractivity contribution >= 4 is 18.4 Å². The van der Waals surface area contributed by atoms with Gasteiger partial charge in [-0.3, -0.25) is 10.1 Å². The Balaban J connectivity index is 0. The summed E-state index contributed by atoms with van der Waals surface area (Å²) in [7, 11) is 0. The second-order valence-corrected chi connectivity index (χ2v) is 6.68. The molecule has 0 radical (unpaired) electrons. The summed E-state index contributed by atoms with van der Waals surface area (Å²) in [6.07, 6.45) is 7.41. The third-order valence-electron chi connectivity index (χ3n) is 4.74. The molecule has 0 aliphatic heterocycles. The fourth-order valence-corrected chi connectivity index (χ4v) is 3.53. The van der Waals surface area contributed by atoms with Gasteiger partial charge >= 0.3 is 5.97 Å². The van der Waals surface area contributed by atoms with Gasteiger partial charge in [0.2, 0.25) is 0 Å². The molecular weight excluding hydrogens is 392 g/mol. The molecule has 9 N–H and O–H groups in total. The molecule has 0 aliphatic rings. The van der Waals surface area contributed by atoms with Crippen LogP contribution in [0.15, 0.2) is 38.0 Å². The first-order valence-corrected chi connectivity index (χ1v) is 9.89. The molecule has 0 aromatic heterocycles. The van der Waals surface area contributed by atoms with Crippen LogP contribution in [0.5, 0.6) is 0 Å². The van der Waals surface area contributed by atoms with Crippen molar-refractivity contribution in [2.45, 2.75) is 36.9 Å². The Hall–Kier alpha value is -1.26. The maximum atomic E-state index is 11.4. The molecule has 0 heterocycles. The minimum atomic E-state index is -0.908. The Morgan fingerprint density at radius 1 is 0.966 bits per heavy atom. The van der Waals surface area contributed by atoms with Gasteiger partial charge in [-0.25, -0.2) is 0 Å². The van der Waals surface area contributed by atoms with Crippen LogP contribution >= 0.6 is 12.4 Å². The van der Waals surface area contributed by atoms with E-state index in [0.717, 1.165) is 0 Å². The number of carbonyl (C=O) groups is 1. The largest absolute Gasteiger partial charge is 0.480 e. The van der Waals surface area contributed by atoms with E-state index in [9.17, 15) is 9.90 Å². The molecule has 0 aromatic carbocycles. The van der Waals surface area contributed by atoms with E-state index in [4.69, 9.17) is 11.5 Å². The fourth-order valence-electron chi connectivity index (χ4n) is 3.53. The van der Waals surface area contributed by atoms with E-state index in [2.05, 4.69) is 41.0 Å². The van der Waals surface area contributed by atoms with Crippen LogP contribution in [0.3, 0.4) is 0 Å². The predicted molar refractivity (Wildman–Crippen MR) is 125 cm³/mol. The van der Waals surface area contributed by atoms with Gasteiger partial charge in [0, 0.05) is 31.7 Å². The molecule has 0 saturated heterocycles. The Labute approximate surface area is 182 Å². The van der Waals surface area contributed by atoms with Gasteiger partial charge in [0.15, 0.2) is 0 Å². The number of hydrogen-bond acceptors (Lipinski definition) is 7. The number of aliphatic carboxylic acids is 1. The predicted octanol–water partition coefficient (Wildman–Crippen LogP) is -0.0271. The van der Waals surface area contributed by atoms with Gasteiger partial charge in [0.25, 0.3) is 0 Å². The minimum absolute atomic E-state index is 0. The van der Waals surface area contributed by atoms with Crippen LogP contribution < -0.4 is 32.7 Å². The SMILES string of the molecule is C=CCNCCC(NCC(=O)O)(C(CCN)NCC=C)C(CCN)NCC=C.Cl. The number of carboxylic acid groups (broad SMARTS) is 1. The lowest BCUT2D eigenvalue weighted by Gasteiger charge is -2.48. The summed E-state index contributed by atoms with van der Waals surface area (Å²) >= 11 is 0. The molecule has 0 bridgehead atoms. The third kappa shape index (κ3) is 11.5. The standard InChI is InChI=1S/C20H40N6O2.ClH/c1-4-12-23-15-9-20(26-16-19(27)28,17(7-10-21)24-13-5-2)18(8-11-22)25-14-6-3;/h4-6,17-18,23-26H,1-3,7-16,21-22H2,(H,27,28);1H. The van der Waals surface area contributed by atoms with Crippen LogP contribution in [-0.4, -0.2) is 74.5 Å². The van der Waals surface area contributed by atoms with Crippen molar-refractivity contribution in [3.8, 4) is 0 Å². The number of rotatable bonds is 20. The highest BCUT2D eigenvalue weighted by molar-refractivity contribution is 5.85. The molecule has 0 spiro atoms. The fraction of sp³-hybridized carbons (Fsp3) is 0.650. The molecule has 29 heavy (non-hydrogen) atoms. The molecule has 2 unspecified atom stereocenters. The molecule has 0 aliphatic carbocycles. The zero-order chi connectivity index (χ0) is 21.3. The highest BCUT2D eigenvalue weighted by Gasteiger charge is 2.44. The Bertz CT molecular complexity index is 442. The van der Waals surface area contributed by atoms with Crippen molar-refractivity contribution in [1.82, 2.24) is 21.3 Å². The number of hydrogen-bond donors (Lipinski definition) is 7. The Morgan fingerprint density at radius 2 is 1.45 bits per heavy atom. The summed E-state index contributed by atoms with van der Waals surface area (Å²) < 4.78 is 0. The van der Waals surface area contributed by atoms with Gasteiger partial charge in [-0.05, 0) is 38.9 Å². The molecule has 0 saturated carbocycles. The van der Waals surface area contributed by atoms with E-state index in [1.807, 2.05) is 0 Å². The molecule has 0 aromatic rings. The van der Waals surface area contributed by atoms with Gasteiger partial charge in [0.05, 0.1) is 12.1 Å². The Kier molecular flexibility index (Phi) is 19.4. The molecule has 0 rings (SSSR count). The third-order valence-corrected chi connectivity index (χ3v) is 4.74. The van der Waals surface area contributed by atoms with Gasteiger partial charge in [-0.2, -0.15) is 0 Å². The van der Waals surface area contributed by atoms with Crippen molar-refractivity contribution < 1.29 is 9.90 Å². The van der Waals surface area contributed by atoms with Crippen LogP contribution in [0, 0.1) is 0 Å². The molecule has 2 atom stereocenters. The normalized spacial score (nSPS) is 14.8. The molecular formula is C20H41ClN6O2. The second kappa shape index (κ2) is 18.7. The highest BCUT2D eigenvalue weighted by atomic mass is 35.5. The van der Waals surface area contributed by atoms with Crippen molar-refractivity contribution in [3.63, 3.8) is 0 Å². The smallest absolute Gasteiger partial charge is 0.317 e. The van der Waals surface area contributed by atoms with Crippen LogP contribution in [0.1, 0.15) is 19.3 Å². The van der Waals surface area contributed by atoms with Gasteiger partial charge < -0.3 is 32.5 Å². The number of carboxylic acids is 1. The van der Waals surface area contributed by atoms with E-state index in [-0.39, 0.29) is 31.0 Å². The summed E-state index contributed by atoms with van der Waals surface area (Å²) in [5.74, 6) is -0.908. The van der Waals surface area contributed by atoms with Crippen LogP contribution in [0.2, 0.25) is 0 Å².